The van der Waals surface area contributed by atoms with Gasteiger partial charge < -0.3 is 15.0 Å². The van der Waals surface area contributed by atoms with Gasteiger partial charge in [-0.25, -0.2) is 13.9 Å². The molecule has 9 heteroatoms. The Morgan fingerprint density at radius 2 is 2.00 bits per heavy atom. The lowest BCUT2D eigenvalue weighted by Crippen LogP contribution is -2.43. The van der Waals surface area contributed by atoms with Crippen LogP contribution in [0.2, 0.25) is 0 Å². The highest BCUT2D eigenvalue weighted by atomic mass is 32.1. The molecule has 1 atom stereocenters. The van der Waals surface area contributed by atoms with Gasteiger partial charge in [0, 0.05) is 25.2 Å². The number of carbonyl (C=O) groups excluding carboxylic acids is 1. The van der Waals surface area contributed by atoms with Crippen molar-refractivity contribution in [2.75, 3.05) is 24.6 Å². The van der Waals surface area contributed by atoms with E-state index in [9.17, 15) is 9.18 Å². The smallest absolute Gasteiger partial charge is 0.225 e. The van der Waals surface area contributed by atoms with E-state index < -0.39 is 0 Å². The van der Waals surface area contributed by atoms with Gasteiger partial charge in [-0.05, 0) is 61.7 Å². The molecule has 2 aromatic heterocycles. The van der Waals surface area contributed by atoms with Crippen molar-refractivity contribution in [1.82, 2.24) is 19.9 Å². The fraction of sp³-hybridized carbons (Fsp3) is 0.320. The summed E-state index contributed by atoms with van der Waals surface area (Å²) >= 11 is 1.50. The summed E-state index contributed by atoms with van der Waals surface area (Å²) in [6.45, 7) is 4.59. The van der Waals surface area contributed by atoms with E-state index in [0.29, 0.717) is 19.7 Å². The number of piperidine rings is 1. The van der Waals surface area contributed by atoms with Gasteiger partial charge in [-0.3, -0.25) is 4.79 Å². The molecule has 4 aromatic rings. The lowest BCUT2D eigenvalue weighted by Gasteiger charge is -2.31. The van der Waals surface area contributed by atoms with E-state index in [1.807, 2.05) is 37.4 Å². The molecular formula is C25H26FN5O2S. The first-order valence-electron chi connectivity index (χ1n) is 11.5. The molecular weight excluding hydrogens is 453 g/mol. The van der Waals surface area contributed by atoms with Crippen LogP contribution >= 0.6 is 11.3 Å². The van der Waals surface area contributed by atoms with Gasteiger partial charge in [-0.15, -0.1) is 5.10 Å². The molecule has 5 rings (SSSR count). The predicted octanol–water partition coefficient (Wildman–Crippen LogP) is 4.53. The molecule has 1 aliphatic heterocycles. The Labute approximate surface area is 201 Å². The number of halogens is 1. The fourth-order valence-electron chi connectivity index (χ4n) is 4.15. The summed E-state index contributed by atoms with van der Waals surface area (Å²) in [5.74, 6) is 0.550. The summed E-state index contributed by atoms with van der Waals surface area (Å²) in [6, 6.07) is 14.1. The average Bonchev–Trinajstić information content (AvgIpc) is 3.44. The van der Waals surface area contributed by atoms with Crippen LogP contribution < -0.4 is 15.0 Å². The average molecular weight is 480 g/mol. The van der Waals surface area contributed by atoms with Gasteiger partial charge in [-0.1, -0.05) is 23.5 Å². The highest BCUT2D eigenvalue weighted by Gasteiger charge is 2.28. The van der Waals surface area contributed by atoms with Crippen LogP contribution in [0.25, 0.3) is 16.2 Å². The van der Waals surface area contributed by atoms with Crippen LogP contribution in [0.1, 0.15) is 25.3 Å². The van der Waals surface area contributed by atoms with E-state index in [1.54, 1.807) is 16.6 Å². The van der Waals surface area contributed by atoms with Crippen LogP contribution in [0, 0.1) is 11.7 Å². The first-order valence-corrected chi connectivity index (χ1v) is 12.3. The molecule has 2 aromatic carbocycles. The lowest BCUT2D eigenvalue weighted by molar-refractivity contribution is -0.125. The van der Waals surface area contributed by atoms with Crippen LogP contribution in [0.15, 0.2) is 54.7 Å². The standard InChI is InChI=1S/C25H26FN5O2S/c1-2-33-21-11-5-17(6-12-21)14-27-23(32)19-4-3-13-30(15-19)25-29-31-16-22(28-24(31)34-25)18-7-9-20(26)10-8-18/h5-12,16,19H,2-4,13-15H2,1H3,(H,27,32)/t19-/m1/s1. The van der Waals surface area contributed by atoms with Crippen LogP contribution in [0.5, 0.6) is 5.75 Å². The van der Waals surface area contributed by atoms with E-state index in [2.05, 4.69) is 15.2 Å². The minimum atomic E-state index is -0.270. The summed E-state index contributed by atoms with van der Waals surface area (Å²) in [5, 5.41) is 8.63. The summed E-state index contributed by atoms with van der Waals surface area (Å²) in [7, 11) is 0. The van der Waals surface area contributed by atoms with Gasteiger partial charge in [0.1, 0.15) is 11.6 Å². The van der Waals surface area contributed by atoms with Gasteiger partial charge in [-0.2, -0.15) is 0 Å². The third kappa shape index (κ3) is 4.89. The summed E-state index contributed by atoms with van der Waals surface area (Å²) in [4.78, 5) is 20.4. The maximum Gasteiger partial charge on any atom is 0.225 e. The van der Waals surface area contributed by atoms with Crippen LogP contribution in [-0.2, 0) is 11.3 Å². The first-order chi connectivity index (χ1) is 16.6. The van der Waals surface area contributed by atoms with Crippen molar-refractivity contribution >= 4 is 27.3 Å². The number of anilines is 1. The van der Waals surface area contributed by atoms with Crippen molar-refractivity contribution in [3.8, 4) is 17.0 Å². The zero-order valence-electron chi connectivity index (χ0n) is 18.9. The quantitative estimate of drug-likeness (QED) is 0.422. The van der Waals surface area contributed by atoms with Gasteiger partial charge in [0.2, 0.25) is 16.0 Å². The molecule has 1 N–H and O–H groups in total. The summed E-state index contributed by atoms with van der Waals surface area (Å²) in [6.07, 6.45) is 3.65. The van der Waals surface area contributed by atoms with Gasteiger partial charge >= 0.3 is 0 Å². The molecule has 34 heavy (non-hydrogen) atoms. The van der Waals surface area contributed by atoms with Gasteiger partial charge in [0.25, 0.3) is 0 Å². The molecule has 0 unspecified atom stereocenters. The second-order valence-corrected chi connectivity index (χ2v) is 9.26. The van der Waals surface area contributed by atoms with Crippen molar-refractivity contribution in [2.24, 2.45) is 5.92 Å². The van der Waals surface area contributed by atoms with Crippen molar-refractivity contribution in [1.29, 1.82) is 0 Å². The number of aromatic nitrogens is 3. The minimum absolute atomic E-state index is 0.0681. The van der Waals surface area contributed by atoms with E-state index in [4.69, 9.17) is 9.84 Å². The predicted molar refractivity (Wildman–Crippen MR) is 131 cm³/mol. The van der Waals surface area contributed by atoms with Gasteiger partial charge in [0.15, 0.2) is 0 Å². The number of ether oxygens (including phenoxy) is 1. The first kappa shape index (κ1) is 22.3. The second kappa shape index (κ2) is 9.80. The van der Waals surface area contributed by atoms with Crippen molar-refractivity contribution in [3.05, 3.63) is 66.1 Å². The zero-order chi connectivity index (χ0) is 23.5. The number of carbonyl (C=O) groups is 1. The SMILES string of the molecule is CCOc1ccc(CNC(=O)[C@@H]2CCCN(c3nn4cc(-c5ccc(F)cc5)nc4s3)C2)cc1. The molecule has 0 aliphatic carbocycles. The maximum atomic E-state index is 13.2. The van der Waals surface area contributed by atoms with Gasteiger partial charge in [0.05, 0.1) is 24.4 Å². The molecule has 3 heterocycles. The molecule has 1 saturated heterocycles. The highest BCUT2D eigenvalue weighted by Crippen LogP contribution is 2.30. The van der Waals surface area contributed by atoms with E-state index in [0.717, 1.165) is 52.0 Å². The van der Waals surface area contributed by atoms with E-state index in [1.165, 1.54) is 23.5 Å². The largest absolute Gasteiger partial charge is 0.494 e. The van der Waals surface area contributed by atoms with Crippen molar-refractivity contribution < 1.29 is 13.9 Å². The summed E-state index contributed by atoms with van der Waals surface area (Å²) in [5.41, 5.74) is 2.65. The fourth-order valence-corrected chi connectivity index (χ4v) is 5.06. The normalized spacial score (nSPS) is 16.1. The minimum Gasteiger partial charge on any atom is -0.494 e. The molecule has 1 fully saturated rings. The van der Waals surface area contributed by atoms with E-state index in [-0.39, 0.29) is 17.6 Å². The Morgan fingerprint density at radius 1 is 1.21 bits per heavy atom. The maximum absolute atomic E-state index is 13.2. The second-order valence-electron chi connectivity index (χ2n) is 8.32. The van der Waals surface area contributed by atoms with Crippen molar-refractivity contribution in [3.63, 3.8) is 0 Å². The van der Waals surface area contributed by atoms with Crippen LogP contribution in [0.3, 0.4) is 0 Å². The Bertz CT molecular complexity index is 1240. The molecule has 1 aliphatic rings. The van der Waals surface area contributed by atoms with Crippen LogP contribution in [0.4, 0.5) is 9.52 Å². The number of fused-ring (bicyclic) bond motifs is 1. The number of hydrogen-bond donors (Lipinski definition) is 1. The van der Waals surface area contributed by atoms with Crippen LogP contribution in [-0.4, -0.2) is 40.2 Å². The number of hydrogen-bond acceptors (Lipinski definition) is 6. The molecule has 0 bridgehead atoms. The molecule has 176 valence electrons. The van der Waals surface area contributed by atoms with E-state index >= 15 is 0 Å². The Hall–Kier alpha value is -3.46. The Balaban J connectivity index is 1.20. The molecule has 0 saturated carbocycles. The number of nitrogens with one attached hydrogen (secondary N) is 1. The topological polar surface area (TPSA) is 71.8 Å². The summed E-state index contributed by atoms with van der Waals surface area (Å²) < 4.78 is 20.4. The van der Waals surface area contributed by atoms with Crippen molar-refractivity contribution in [2.45, 2.75) is 26.3 Å². The zero-order valence-corrected chi connectivity index (χ0v) is 19.7. The number of benzene rings is 2. The molecule has 1 amide bonds. The molecule has 7 nitrogen and oxygen atoms in total. The highest BCUT2D eigenvalue weighted by molar-refractivity contribution is 7.20. The number of rotatable bonds is 7. The monoisotopic (exact) mass is 479 g/mol. The number of nitrogens with zero attached hydrogens (tertiary/aromatic N) is 4. The molecule has 0 radical (unpaired) electrons. The molecule has 0 spiro atoms. The third-order valence-electron chi connectivity index (χ3n) is 5.94. The number of amides is 1. The lowest BCUT2D eigenvalue weighted by atomic mass is 9.97. The number of imidazole rings is 1. The Kier molecular flexibility index (Phi) is 6.44. The Morgan fingerprint density at radius 3 is 2.74 bits per heavy atom. The third-order valence-corrected chi connectivity index (χ3v) is 6.92.